The fourth-order valence-corrected chi connectivity index (χ4v) is 3.87. The Morgan fingerprint density at radius 2 is 1.70 bits per heavy atom. The summed E-state index contributed by atoms with van der Waals surface area (Å²) in [5, 5.41) is 5.91. The number of carbonyl (C=O) groups excluding carboxylic acids is 2. The molecule has 2 aliphatic rings. The fourth-order valence-electron chi connectivity index (χ4n) is 3.87. The molecule has 2 N–H and O–H groups in total. The van der Waals surface area contributed by atoms with Crippen LogP contribution in [0.25, 0.3) is 0 Å². The van der Waals surface area contributed by atoms with Gasteiger partial charge in [-0.2, -0.15) is 0 Å². The Hall–Kier alpha value is -3.80. The molecule has 0 saturated carbocycles. The molecule has 0 unspecified atom stereocenters. The highest BCUT2D eigenvalue weighted by Gasteiger charge is 2.28. The van der Waals surface area contributed by atoms with Crippen LogP contribution in [0.5, 0.6) is 17.2 Å². The molecule has 3 aromatic rings. The summed E-state index contributed by atoms with van der Waals surface area (Å²) in [5.41, 5.74) is 3.64. The molecule has 0 saturated heterocycles. The number of rotatable bonds is 4. The van der Waals surface area contributed by atoms with E-state index < -0.39 is 0 Å². The van der Waals surface area contributed by atoms with Crippen LogP contribution in [0.4, 0.5) is 5.69 Å². The molecular formula is C24H20N2O4. The van der Waals surface area contributed by atoms with Crippen LogP contribution in [0.2, 0.25) is 0 Å². The van der Waals surface area contributed by atoms with Gasteiger partial charge in [0.25, 0.3) is 5.91 Å². The smallest absolute Gasteiger partial charge is 0.258 e. The molecule has 5 rings (SSSR count). The van der Waals surface area contributed by atoms with Gasteiger partial charge in [-0.1, -0.05) is 36.4 Å². The lowest BCUT2D eigenvalue weighted by Gasteiger charge is -2.28. The number of fused-ring (bicyclic) bond motifs is 3. The maximum atomic E-state index is 12.7. The number of anilines is 1. The van der Waals surface area contributed by atoms with Crippen LogP contribution < -0.4 is 20.1 Å². The maximum Gasteiger partial charge on any atom is 0.258 e. The number of para-hydroxylation sites is 2. The quantitative estimate of drug-likeness (QED) is 0.695. The first-order chi connectivity index (χ1) is 14.7. The van der Waals surface area contributed by atoms with Gasteiger partial charge < -0.3 is 20.1 Å². The van der Waals surface area contributed by atoms with Crippen molar-refractivity contribution >= 4 is 17.5 Å². The lowest BCUT2D eigenvalue weighted by Crippen LogP contribution is -2.34. The van der Waals surface area contributed by atoms with Gasteiger partial charge in [0.1, 0.15) is 17.2 Å². The molecule has 3 aromatic carbocycles. The van der Waals surface area contributed by atoms with Crippen molar-refractivity contribution in [1.29, 1.82) is 0 Å². The second-order valence-corrected chi connectivity index (χ2v) is 7.33. The standard InChI is InChI=1S/C24H20N2O4/c27-22-12-9-15-13-16(10-11-19(15)25-22)29-14-23(28)26-24-17-5-1-3-7-20(17)30-21-8-4-2-6-18(21)24/h1-8,10-11,13,24H,9,12,14H2,(H,25,27)(H,26,28). The van der Waals surface area contributed by atoms with Crippen molar-refractivity contribution in [2.45, 2.75) is 18.9 Å². The zero-order valence-electron chi connectivity index (χ0n) is 16.2. The summed E-state index contributed by atoms with van der Waals surface area (Å²) >= 11 is 0. The second-order valence-electron chi connectivity index (χ2n) is 7.33. The summed E-state index contributed by atoms with van der Waals surface area (Å²) in [4.78, 5) is 24.2. The SMILES string of the molecule is O=C1CCc2cc(OCC(=O)NC3c4ccccc4Oc4ccccc43)ccc2N1. The van der Waals surface area contributed by atoms with Crippen molar-refractivity contribution < 1.29 is 19.1 Å². The van der Waals surface area contributed by atoms with E-state index in [1.165, 1.54) is 0 Å². The Balaban J connectivity index is 1.30. The van der Waals surface area contributed by atoms with Crippen LogP contribution in [0.3, 0.4) is 0 Å². The third kappa shape index (κ3) is 3.48. The second kappa shape index (κ2) is 7.55. The summed E-state index contributed by atoms with van der Waals surface area (Å²) in [5.74, 6) is 1.87. The molecule has 6 heteroatoms. The molecule has 30 heavy (non-hydrogen) atoms. The Morgan fingerprint density at radius 3 is 2.43 bits per heavy atom. The van der Waals surface area contributed by atoms with Crippen molar-refractivity contribution in [2.75, 3.05) is 11.9 Å². The van der Waals surface area contributed by atoms with E-state index in [0.717, 1.165) is 33.9 Å². The van der Waals surface area contributed by atoms with Crippen molar-refractivity contribution in [3.63, 3.8) is 0 Å². The van der Waals surface area contributed by atoms with Crippen LogP contribution in [0.1, 0.15) is 29.2 Å². The van der Waals surface area contributed by atoms with Gasteiger partial charge >= 0.3 is 0 Å². The van der Waals surface area contributed by atoms with Gasteiger partial charge in [0, 0.05) is 23.2 Å². The molecule has 2 amide bonds. The minimum Gasteiger partial charge on any atom is -0.484 e. The zero-order chi connectivity index (χ0) is 20.5. The van der Waals surface area contributed by atoms with Crippen LogP contribution in [-0.2, 0) is 16.0 Å². The topological polar surface area (TPSA) is 76.7 Å². The number of amides is 2. The Morgan fingerprint density at radius 1 is 1.00 bits per heavy atom. The first-order valence-corrected chi connectivity index (χ1v) is 9.88. The third-order valence-electron chi connectivity index (χ3n) is 5.33. The van der Waals surface area contributed by atoms with Gasteiger partial charge in [-0.15, -0.1) is 0 Å². The predicted molar refractivity (Wildman–Crippen MR) is 112 cm³/mol. The first kappa shape index (κ1) is 18.2. The van der Waals surface area contributed by atoms with Gasteiger partial charge in [-0.05, 0) is 42.3 Å². The monoisotopic (exact) mass is 400 g/mol. The average molecular weight is 400 g/mol. The summed E-state index contributed by atoms with van der Waals surface area (Å²) in [6.45, 7) is -0.104. The summed E-state index contributed by atoms with van der Waals surface area (Å²) in [6.07, 6.45) is 1.12. The number of aryl methyl sites for hydroxylation is 1. The van der Waals surface area contributed by atoms with E-state index >= 15 is 0 Å². The Bertz CT molecular complexity index is 1100. The largest absolute Gasteiger partial charge is 0.484 e. The molecule has 2 aliphatic heterocycles. The van der Waals surface area contributed by atoms with Crippen LogP contribution in [0, 0.1) is 0 Å². The molecule has 0 bridgehead atoms. The number of nitrogens with one attached hydrogen (secondary N) is 2. The van der Waals surface area contributed by atoms with E-state index in [4.69, 9.17) is 9.47 Å². The van der Waals surface area contributed by atoms with E-state index in [2.05, 4.69) is 10.6 Å². The van der Waals surface area contributed by atoms with E-state index in [0.29, 0.717) is 18.6 Å². The number of benzene rings is 3. The third-order valence-corrected chi connectivity index (χ3v) is 5.33. The highest BCUT2D eigenvalue weighted by Crippen LogP contribution is 2.42. The molecule has 0 atom stereocenters. The molecule has 0 aromatic heterocycles. The maximum absolute atomic E-state index is 12.7. The molecule has 0 spiro atoms. The lowest BCUT2D eigenvalue weighted by molar-refractivity contribution is -0.123. The Labute approximate surface area is 173 Å². The molecule has 150 valence electrons. The van der Waals surface area contributed by atoms with Gasteiger partial charge in [0.2, 0.25) is 5.91 Å². The minimum atomic E-state index is -0.305. The molecule has 0 aliphatic carbocycles. The number of hydrogen-bond acceptors (Lipinski definition) is 4. The van der Waals surface area contributed by atoms with Crippen molar-refractivity contribution in [3.05, 3.63) is 83.4 Å². The summed E-state index contributed by atoms with van der Waals surface area (Å²) in [6, 6.07) is 20.5. The molecule has 6 nitrogen and oxygen atoms in total. The van der Waals surface area contributed by atoms with E-state index in [1.807, 2.05) is 60.7 Å². The normalized spacial score (nSPS) is 14.5. The molecule has 0 radical (unpaired) electrons. The molecule has 2 heterocycles. The van der Waals surface area contributed by atoms with Gasteiger partial charge in [0.05, 0.1) is 6.04 Å². The molecular weight excluding hydrogens is 380 g/mol. The van der Waals surface area contributed by atoms with Crippen molar-refractivity contribution in [3.8, 4) is 17.2 Å². The number of ether oxygens (including phenoxy) is 2. The highest BCUT2D eigenvalue weighted by molar-refractivity contribution is 5.94. The lowest BCUT2D eigenvalue weighted by atomic mass is 9.94. The molecule has 0 fully saturated rings. The van der Waals surface area contributed by atoms with Gasteiger partial charge in [-0.25, -0.2) is 0 Å². The summed E-state index contributed by atoms with van der Waals surface area (Å²) < 4.78 is 11.7. The van der Waals surface area contributed by atoms with Gasteiger partial charge in [0.15, 0.2) is 6.61 Å². The zero-order valence-corrected chi connectivity index (χ0v) is 16.2. The average Bonchev–Trinajstić information content (AvgIpc) is 2.77. The van der Waals surface area contributed by atoms with Crippen molar-refractivity contribution in [2.24, 2.45) is 0 Å². The minimum absolute atomic E-state index is 0.0209. The van der Waals surface area contributed by atoms with Crippen molar-refractivity contribution in [1.82, 2.24) is 5.32 Å². The van der Waals surface area contributed by atoms with Crippen LogP contribution in [-0.4, -0.2) is 18.4 Å². The highest BCUT2D eigenvalue weighted by atomic mass is 16.5. The van der Waals surface area contributed by atoms with Crippen LogP contribution in [0.15, 0.2) is 66.7 Å². The number of carbonyl (C=O) groups is 2. The van der Waals surface area contributed by atoms with E-state index in [-0.39, 0.29) is 24.5 Å². The predicted octanol–water partition coefficient (Wildman–Crippen LogP) is 3.96. The van der Waals surface area contributed by atoms with E-state index in [1.54, 1.807) is 6.07 Å². The fraction of sp³-hybridized carbons (Fsp3) is 0.167. The van der Waals surface area contributed by atoms with Gasteiger partial charge in [-0.3, -0.25) is 9.59 Å². The van der Waals surface area contributed by atoms with E-state index in [9.17, 15) is 9.59 Å². The summed E-state index contributed by atoms with van der Waals surface area (Å²) in [7, 11) is 0. The first-order valence-electron chi connectivity index (χ1n) is 9.88. The Kier molecular flexibility index (Phi) is 4.59. The van der Waals surface area contributed by atoms with Crippen LogP contribution >= 0.6 is 0 Å². The number of hydrogen-bond donors (Lipinski definition) is 2.